The van der Waals surface area contributed by atoms with Gasteiger partial charge in [-0.25, -0.2) is 9.98 Å². The van der Waals surface area contributed by atoms with E-state index in [1.54, 1.807) is 43.7 Å². The molecule has 0 aliphatic carbocycles. The molecule has 2 aliphatic heterocycles. The van der Waals surface area contributed by atoms with Crippen LogP contribution in [-0.4, -0.2) is 41.1 Å². The topological polar surface area (TPSA) is 82.8 Å². The fourth-order valence-electron chi connectivity index (χ4n) is 3.57. The highest BCUT2D eigenvalue weighted by molar-refractivity contribution is 5.95. The van der Waals surface area contributed by atoms with Crippen LogP contribution in [0, 0.1) is 10.6 Å². The van der Waals surface area contributed by atoms with Crippen LogP contribution in [0.4, 0.5) is 17.2 Å². The van der Waals surface area contributed by atoms with Gasteiger partial charge in [0.1, 0.15) is 11.2 Å². The molecule has 7 heteroatoms. The van der Waals surface area contributed by atoms with E-state index in [2.05, 4.69) is 15.3 Å². The van der Waals surface area contributed by atoms with E-state index in [0.717, 1.165) is 38.1 Å². The van der Waals surface area contributed by atoms with E-state index in [9.17, 15) is 4.79 Å². The zero-order chi connectivity index (χ0) is 20.0. The number of rotatable bonds is 3. The summed E-state index contributed by atoms with van der Waals surface area (Å²) in [5.41, 5.74) is 3.31. The van der Waals surface area contributed by atoms with Crippen molar-refractivity contribution in [3.8, 4) is 0 Å². The molecule has 29 heavy (non-hydrogen) atoms. The van der Waals surface area contributed by atoms with Crippen molar-refractivity contribution < 1.29 is 4.79 Å². The lowest BCUT2D eigenvalue weighted by atomic mass is 10.1. The summed E-state index contributed by atoms with van der Waals surface area (Å²) in [6.45, 7) is 0.551. The molecule has 3 aromatic rings. The van der Waals surface area contributed by atoms with Gasteiger partial charge in [-0.3, -0.25) is 14.8 Å². The normalized spacial score (nSPS) is 12.9. The van der Waals surface area contributed by atoms with Gasteiger partial charge >= 0.3 is 0 Å². The maximum absolute atomic E-state index is 12.3. The molecule has 142 valence electrons. The highest BCUT2D eigenvalue weighted by atomic mass is 16.2. The number of carbonyl (C=O) groups is 1. The summed E-state index contributed by atoms with van der Waals surface area (Å²) in [6, 6.07) is 9.31. The Bertz CT molecular complexity index is 1410. The Morgan fingerprint density at radius 1 is 1.21 bits per heavy atom. The van der Waals surface area contributed by atoms with Gasteiger partial charge in [0, 0.05) is 60.0 Å². The number of anilines is 2. The number of aliphatic imine (C=N–C) groups is 1. The summed E-state index contributed by atoms with van der Waals surface area (Å²) in [4.78, 5) is 32.1. The number of fused-ring (bicyclic) bond motifs is 4. The van der Waals surface area contributed by atoms with Gasteiger partial charge in [0.2, 0.25) is 0 Å². The first kappa shape index (κ1) is 17.2. The van der Waals surface area contributed by atoms with Crippen molar-refractivity contribution in [2.24, 2.45) is 9.98 Å². The number of carbonyl (C=O) groups excluding carboxylic acids is 1. The van der Waals surface area contributed by atoms with Crippen molar-refractivity contribution in [1.82, 2.24) is 14.9 Å². The van der Waals surface area contributed by atoms with E-state index in [4.69, 9.17) is 9.98 Å². The smallest absolute Gasteiger partial charge is 0.253 e. The van der Waals surface area contributed by atoms with Crippen LogP contribution in [0.3, 0.4) is 0 Å². The summed E-state index contributed by atoms with van der Waals surface area (Å²) < 4.78 is 0. The second kappa shape index (κ2) is 6.63. The van der Waals surface area contributed by atoms with Crippen LogP contribution >= 0.6 is 0 Å². The second-order valence-electron chi connectivity index (χ2n) is 7.12. The third-order valence-electron chi connectivity index (χ3n) is 4.97. The van der Waals surface area contributed by atoms with Gasteiger partial charge in [-0.15, -0.1) is 0 Å². The first-order chi connectivity index (χ1) is 14.1. The number of nitrogens with one attached hydrogen (secondary N) is 1. The van der Waals surface area contributed by atoms with Gasteiger partial charge in [-0.1, -0.05) is 6.07 Å². The first-order valence-electron chi connectivity index (χ1n) is 9.27. The molecule has 1 amide bonds. The number of nitrogens with zero attached hydrogens (tertiary/aromatic N) is 5. The summed E-state index contributed by atoms with van der Waals surface area (Å²) in [5.74, 6) is 0.668. The minimum atomic E-state index is -0.0462. The molecule has 0 spiro atoms. The minimum absolute atomic E-state index is 0.0462. The van der Waals surface area contributed by atoms with Crippen LogP contribution < -0.4 is 15.9 Å². The predicted octanol–water partition coefficient (Wildman–Crippen LogP) is 1.84. The lowest BCUT2D eigenvalue weighted by molar-refractivity contribution is 0.0827. The minimum Gasteiger partial charge on any atom is -0.345 e. The summed E-state index contributed by atoms with van der Waals surface area (Å²) in [7, 11) is 3.48. The number of hydrogen-bond donors (Lipinski definition) is 1. The number of amides is 1. The molecule has 2 aliphatic rings. The van der Waals surface area contributed by atoms with E-state index >= 15 is 0 Å². The standard InChI is InChI=1S/C22H18N6O/c1-28(2)22(29)13-4-3-5-14(10-13)25-21-15-6-8-23-11-16(15)19-20(27-21)17-12-24-9-7-18(17)26-19/h3-10,12H,11H2,1-2H3,(H,25,27). The Hall–Kier alpha value is -3.87. The third kappa shape index (κ3) is 2.87. The van der Waals surface area contributed by atoms with Gasteiger partial charge in [0.05, 0.1) is 17.6 Å². The third-order valence-corrected chi connectivity index (χ3v) is 4.97. The number of hydrogen-bond acceptors (Lipinski definition) is 6. The summed E-state index contributed by atoms with van der Waals surface area (Å²) in [6.07, 6.45) is 7.26. The van der Waals surface area contributed by atoms with Crippen molar-refractivity contribution in [2.75, 3.05) is 19.4 Å². The molecule has 0 atom stereocenters. The van der Waals surface area contributed by atoms with Crippen LogP contribution in [0.15, 0.2) is 52.7 Å². The van der Waals surface area contributed by atoms with Crippen LogP contribution in [-0.2, 0) is 6.54 Å². The molecule has 0 bridgehead atoms. The average Bonchev–Trinajstić information content (AvgIpc) is 3.12. The molecular weight excluding hydrogens is 364 g/mol. The first-order valence-corrected chi connectivity index (χ1v) is 9.27. The lowest BCUT2D eigenvalue weighted by Crippen LogP contribution is -2.22. The molecule has 2 aromatic heterocycles. The Morgan fingerprint density at radius 2 is 2.10 bits per heavy atom. The molecule has 0 radical (unpaired) electrons. The molecule has 4 heterocycles. The van der Waals surface area contributed by atoms with Crippen LogP contribution in [0.1, 0.15) is 15.9 Å². The largest absolute Gasteiger partial charge is 0.345 e. The fourth-order valence-corrected chi connectivity index (χ4v) is 3.57. The molecule has 1 aromatic carbocycles. The van der Waals surface area contributed by atoms with Gasteiger partial charge in [0.15, 0.2) is 0 Å². The number of aromatic nitrogens is 2. The van der Waals surface area contributed by atoms with Crippen molar-refractivity contribution in [1.29, 1.82) is 0 Å². The average molecular weight is 382 g/mol. The Balaban J connectivity index is 1.69. The second-order valence-corrected chi connectivity index (χ2v) is 7.12. The SMILES string of the molecule is CN(C)C(=O)c1cccc(Nc2nc3c(c4c2=CC=NC4)N=c2ccncc2=3)c1. The molecule has 7 nitrogen and oxygen atoms in total. The molecule has 0 fully saturated rings. The maximum atomic E-state index is 12.3. The quantitative estimate of drug-likeness (QED) is 0.586. The number of benzene rings is 1. The van der Waals surface area contributed by atoms with Gasteiger partial charge < -0.3 is 10.2 Å². The van der Waals surface area contributed by atoms with E-state index in [0.29, 0.717) is 17.9 Å². The molecular formula is C22H18N6O. The molecule has 0 saturated heterocycles. The molecule has 1 N–H and O–H groups in total. The van der Waals surface area contributed by atoms with E-state index in [-0.39, 0.29) is 5.91 Å². The van der Waals surface area contributed by atoms with Crippen molar-refractivity contribution in [3.05, 3.63) is 75.0 Å². The highest BCUT2D eigenvalue weighted by Gasteiger charge is 2.17. The summed E-state index contributed by atoms with van der Waals surface area (Å²) in [5, 5.41) is 6.95. The lowest BCUT2D eigenvalue weighted by Gasteiger charge is -2.14. The zero-order valence-electron chi connectivity index (χ0n) is 16.0. The van der Waals surface area contributed by atoms with Gasteiger partial charge in [-0.05, 0) is 30.3 Å². The van der Waals surface area contributed by atoms with E-state index in [1.807, 2.05) is 30.3 Å². The Kier molecular flexibility index (Phi) is 3.94. The monoisotopic (exact) mass is 382 g/mol. The van der Waals surface area contributed by atoms with Crippen LogP contribution in [0.5, 0.6) is 0 Å². The predicted molar refractivity (Wildman–Crippen MR) is 111 cm³/mol. The van der Waals surface area contributed by atoms with Gasteiger partial charge in [0.25, 0.3) is 5.91 Å². The molecule has 5 rings (SSSR count). The van der Waals surface area contributed by atoms with Crippen LogP contribution in [0.2, 0.25) is 0 Å². The van der Waals surface area contributed by atoms with Crippen molar-refractivity contribution >= 4 is 35.4 Å². The fraction of sp³-hybridized carbons (Fsp3) is 0.136. The molecule has 0 unspecified atom stereocenters. The Labute approximate surface area is 166 Å². The van der Waals surface area contributed by atoms with Crippen molar-refractivity contribution in [2.45, 2.75) is 6.54 Å². The van der Waals surface area contributed by atoms with E-state index in [1.165, 1.54) is 0 Å². The molecule has 0 saturated carbocycles. The van der Waals surface area contributed by atoms with Crippen molar-refractivity contribution in [3.63, 3.8) is 0 Å². The highest BCUT2D eigenvalue weighted by Crippen LogP contribution is 2.25. The maximum Gasteiger partial charge on any atom is 0.253 e. The Morgan fingerprint density at radius 3 is 2.97 bits per heavy atom. The van der Waals surface area contributed by atoms with E-state index < -0.39 is 0 Å². The number of pyridine rings is 2. The van der Waals surface area contributed by atoms with Crippen LogP contribution in [0.25, 0.3) is 6.08 Å². The summed E-state index contributed by atoms with van der Waals surface area (Å²) >= 11 is 0. The zero-order valence-corrected chi connectivity index (χ0v) is 16.0. The van der Waals surface area contributed by atoms with Gasteiger partial charge in [-0.2, -0.15) is 0 Å².